The van der Waals surface area contributed by atoms with Gasteiger partial charge in [0.1, 0.15) is 5.82 Å². The molecule has 0 spiro atoms. The number of aromatic nitrogens is 2. The van der Waals surface area contributed by atoms with Gasteiger partial charge in [0.05, 0.1) is 5.69 Å². The minimum absolute atomic E-state index is 0.821. The van der Waals surface area contributed by atoms with E-state index >= 15 is 0 Å². The van der Waals surface area contributed by atoms with Crippen LogP contribution in [0.15, 0.2) is 66.9 Å². The van der Waals surface area contributed by atoms with Gasteiger partial charge in [0, 0.05) is 30.4 Å². The molecular formula is C19H19N3. The molecule has 2 aromatic heterocycles. The molecule has 3 nitrogen and oxygen atoms in total. The summed E-state index contributed by atoms with van der Waals surface area (Å²) in [5.74, 6) is 0.897. The summed E-state index contributed by atoms with van der Waals surface area (Å²) >= 11 is 0. The first-order valence-electron chi connectivity index (χ1n) is 7.49. The Morgan fingerprint density at radius 2 is 1.77 bits per heavy atom. The van der Waals surface area contributed by atoms with Crippen LogP contribution in [0.25, 0.3) is 11.3 Å². The fourth-order valence-electron chi connectivity index (χ4n) is 2.28. The molecule has 0 saturated carbocycles. The molecule has 0 saturated heterocycles. The van der Waals surface area contributed by atoms with Crippen LogP contribution in [0.1, 0.15) is 11.3 Å². The maximum absolute atomic E-state index is 4.67. The highest BCUT2D eigenvalue weighted by molar-refractivity contribution is 5.61. The molecule has 3 aromatic rings. The topological polar surface area (TPSA) is 37.8 Å². The summed E-state index contributed by atoms with van der Waals surface area (Å²) in [7, 11) is 0. The maximum atomic E-state index is 4.67. The Morgan fingerprint density at radius 1 is 0.909 bits per heavy atom. The highest BCUT2D eigenvalue weighted by atomic mass is 15.0. The van der Waals surface area contributed by atoms with Crippen LogP contribution in [0.2, 0.25) is 0 Å². The predicted octanol–water partition coefficient (Wildman–Crippen LogP) is 4.11. The molecule has 1 aromatic carbocycles. The van der Waals surface area contributed by atoms with Crippen molar-refractivity contribution in [1.29, 1.82) is 0 Å². The molecule has 0 radical (unpaired) electrons. The Balaban J connectivity index is 1.65. The lowest BCUT2D eigenvalue weighted by Crippen LogP contribution is -2.07. The molecule has 1 N–H and O–H groups in total. The summed E-state index contributed by atoms with van der Waals surface area (Å²) in [6, 6.07) is 20.5. The SMILES string of the molecule is Cc1ccc(-c2cccc(NCCc3ccccn3)n2)cc1. The molecule has 0 aliphatic rings. The zero-order chi connectivity index (χ0) is 15.2. The lowest BCUT2D eigenvalue weighted by Gasteiger charge is -2.08. The normalized spacial score (nSPS) is 10.4. The third-order valence-electron chi connectivity index (χ3n) is 3.51. The predicted molar refractivity (Wildman–Crippen MR) is 90.8 cm³/mol. The first-order valence-corrected chi connectivity index (χ1v) is 7.49. The van der Waals surface area contributed by atoms with Crippen LogP contribution < -0.4 is 5.32 Å². The van der Waals surface area contributed by atoms with Gasteiger partial charge in [0.2, 0.25) is 0 Å². The number of aryl methyl sites for hydroxylation is 1. The fraction of sp³-hybridized carbons (Fsp3) is 0.158. The number of nitrogens with one attached hydrogen (secondary N) is 1. The summed E-state index contributed by atoms with van der Waals surface area (Å²) < 4.78 is 0. The van der Waals surface area contributed by atoms with Crippen LogP contribution in [0.4, 0.5) is 5.82 Å². The largest absolute Gasteiger partial charge is 0.370 e. The molecule has 3 rings (SSSR count). The Morgan fingerprint density at radius 3 is 2.55 bits per heavy atom. The Bertz CT molecular complexity index is 721. The van der Waals surface area contributed by atoms with E-state index < -0.39 is 0 Å². The van der Waals surface area contributed by atoms with Crippen LogP contribution in [0.3, 0.4) is 0 Å². The van der Waals surface area contributed by atoms with Crippen molar-refractivity contribution >= 4 is 5.82 Å². The van der Waals surface area contributed by atoms with Crippen molar-refractivity contribution in [1.82, 2.24) is 9.97 Å². The molecule has 110 valence electrons. The molecule has 0 amide bonds. The highest BCUT2D eigenvalue weighted by Crippen LogP contribution is 2.19. The summed E-state index contributed by atoms with van der Waals surface area (Å²) in [5.41, 5.74) is 4.47. The van der Waals surface area contributed by atoms with Crippen molar-refractivity contribution in [3.63, 3.8) is 0 Å². The molecule has 0 unspecified atom stereocenters. The van der Waals surface area contributed by atoms with Gasteiger partial charge in [-0.25, -0.2) is 4.98 Å². The summed E-state index contributed by atoms with van der Waals surface area (Å²) in [6.07, 6.45) is 2.71. The van der Waals surface area contributed by atoms with Gasteiger partial charge in [0.15, 0.2) is 0 Å². The van der Waals surface area contributed by atoms with E-state index in [1.807, 2.05) is 42.6 Å². The van der Waals surface area contributed by atoms with Gasteiger partial charge in [-0.2, -0.15) is 0 Å². The fourth-order valence-corrected chi connectivity index (χ4v) is 2.28. The number of benzene rings is 1. The van der Waals surface area contributed by atoms with Gasteiger partial charge in [-0.1, -0.05) is 42.0 Å². The van der Waals surface area contributed by atoms with Gasteiger partial charge in [0.25, 0.3) is 0 Å². The summed E-state index contributed by atoms with van der Waals surface area (Å²) in [6.45, 7) is 2.91. The van der Waals surface area contributed by atoms with Crippen molar-refractivity contribution in [3.05, 3.63) is 78.1 Å². The number of anilines is 1. The molecule has 22 heavy (non-hydrogen) atoms. The second-order valence-corrected chi connectivity index (χ2v) is 5.27. The van der Waals surface area contributed by atoms with Gasteiger partial charge < -0.3 is 5.32 Å². The van der Waals surface area contributed by atoms with Crippen LogP contribution in [0, 0.1) is 6.92 Å². The van der Waals surface area contributed by atoms with E-state index in [-0.39, 0.29) is 0 Å². The number of rotatable bonds is 5. The van der Waals surface area contributed by atoms with Gasteiger partial charge in [-0.15, -0.1) is 0 Å². The number of hydrogen-bond acceptors (Lipinski definition) is 3. The zero-order valence-corrected chi connectivity index (χ0v) is 12.7. The molecule has 0 aliphatic carbocycles. The van der Waals surface area contributed by atoms with Crippen LogP contribution >= 0.6 is 0 Å². The van der Waals surface area contributed by atoms with Crippen molar-refractivity contribution in [2.24, 2.45) is 0 Å². The third-order valence-corrected chi connectivity index (χ3v) is 3.51. The zero-order valence-electron chi connectivity index (χ0n) is 12.7. The molecule has 2 heterocycles. The van der Waals surface area contributed by atoms with Crippen molar-refractivity contribution in [2.75, 3.05) is 11.9 Å². The van der Waals surface area contributed by atoms with E-state index in [1.165, 1.54) is 5.56 Å². The van der Waals surface area contributed by atoms with Crippen LogP contribution in [-0.2, 0) is 6.42 Å². The average molecular weight is 289 g/mol. The minimum atomic E-state index is 0.821. The van der Waals surface area contributed by atoms with Crippen molar-refractivity contribution in [2.45, 2.75) is 13.3 Å². The van der Waals surface area contributed by atoms with E-state index in [2.05, 4.69) is 46.5 Å². The van der Waals surface area contributed by atoms with Gasteiger partial charge in [-0.05, 0) is 31.2 Å². The van der Waals surface area contributed by atoms with E-state index in [0.717, 1.165) is 35.7 Å². The molecular weight excluding hydrogens is 270 g/mol. The first-order chi connectivity index (χ1) is 10.8. The smallest absolute Gasteiger partial charge is 0.126 e. The van der Waals surface area contributed by atoms with Gasteiger partial charge >= 0.3 is 0 Å². The molecule has 0 fully saturated rings. The monoisotopic (exact) mass is 289 g/mol. The quantitative estimate of drug-likeness (QED) is 0.768. The van der Waals surface area contributed by atoms with Crippen LogP contribution in [0.5, 0.6) is 0 Å². The highest BCUT2D eigenvalue weighted by Gasteiger charge is 2.01. The molecule has 0 atom stereocenters. The van der Waals surface area contributed by atoms with Crippen molar-refractivity contribution < 1.29 is 0 Å². The number of nitrogens with zero attached hydrogens (tertiary/aromatic N) is 2. The average Bonchev–Trinajstić information content (AvgIpc) is 2.57. The molecule has 0 bridgehead atoms. The lowest BCUT2D eigenvalue weighted by atomic mass is 10.1. The summed E-state index contributed by atoms with van der Waals surface area (Å²) in [5, 5.41) is 3.36. The van der Waals surface area contributed by atoms with E-state index in [1.54, 1.807) is 0 Å². The second-order valence-electron chi connectivity index (χ2n) is 5.27. The first kappa shape index (κ1) is 14.3. The Labute approximate surface area is 131 Å². The second kappa shape index (κ2) is 6.85. The molecule has 0 aliphatic heterocycles. The minimum Gasteiger partial charge on any atom is -0.370 e. The third kappa shape index (κ3) is 3.70. The Kier molecular flexibility index (Phi) is 4.44. The van der Waals surface area contributed by atoms with Crippen LogP contribution in [-0.4, -0.2) is 16.5 Å². The number of hydrogen-bond donors (Lipinski definition) is 1. The van der Waals surface area contributed by atoms with Gasteiger partial charge in [-0.3, -0.25) is 4.98 Å². The maximum Gasteiger partial charge on any atom is 0.126 e. The van der Waals surface area contributed by atoms with E-state index in [4.69, 9.17) is 0 Å². The van der Waals surface area contributed by atoms with Crippen molar-refractivity contribution in [3.8, 4) is 11.3 Å². The summed E-state index contributed by atoms with van der Waals surface area (Å²) in [4.78, 5) is 9.00. The number of pyridine rings is 2. The molecule has 3 heteroatoms. The Hall–Kier alpha value is -2.68. The van der Waals surface area contributed by atoms with E-state index in [0.29, 0.717) is 0 Å². The standard InChI is InChI=1S/C19H19N3/c1-15-8-10-16(11-9-15)18-6-4-7-19(22-18)21-14-12-17-5-2-3-13-20-17/h2-11,13H,12,14H2,1H3,(H,21,22). The lowest BCUT2D eigenvalue weighted by molar-refractivity contribution is 0.954. The van der Waals surface area contributed by atoms with E-state index in [9.17, 15) is 0 Å².